The smallest absolute Gasteiger partial charge is 0.355 e. The van der Waals surface area contributed by atoms with Gasteiger partial charge in [-0.25, -0.2) is 4.79 Å². The third-order valence-electron chi connectivity index (χ3n) is 2.83. The normalized spacial score (nSPS) is 10.5. The summed E-state index contributed by atoms with van der Waals surface area (Å²) >= 11 is 0. The number of aromatic amines is 1. The Kier molecular flexibility index (Phi) is 2.98. The number of rotatable bonds is 3. The van der Waals surface area contributed by atoms with E-state index in [4.69, 9.17) is 4.74 Å². The van der Waals surface area contributed by atoms with Crippen molar-refractivity contribution in [2.24, 2.45) is 0 Å². The van der Waals surface area contributed by atoms with Gasteiger partial charge in [-0.1, -0.05) is 24.3 Å². The molecule has 94 valence electrons. The minimum absolute atomic E-state index is 0.176. The summed E-state index contributed by atoms with van der Waals surface area (Å²) in [6.07, 6.45) is 1.67. The van der Waals surface area contributed by atoms with Crippen molar-refractivity contribution in [2.45, 2.75) is 6.61 Å². The average molecular weight is 252 g/mol. The second-order valence-corrected chi connectivity index (χ2v) is 4.17. The summed E-state index contributed by atoms with van der Waals surface area (Å²) in [6, 6.07) is 15.0. The molecular weight excluding hydrogens is 240 g/mol. The van der Waals surface area contributed by atoms with Crippen LogP contribution in [0.3, 0.4) is 0 Å². The van der Waals surface area contributed by atoms with Crippen molar-refractivity contribution < 1.29 is 9.53 Å². The van der Waals surface area contributed by atoms with Gasteiger partial charge < -0.3 is 9.72 Å². The van der Waals surface area contributed by atoms with Gasteiger partial charge in [0.1, 0.15) is 12.3 Å². The van der Waals surface area contributed by atoms with Crippen LogP contribution in [-0.4, -0.2) is 15.9 Å². The number of H-pyrrole nitrogens is 1. The standard InChI is InChI=1S/C15H12N2O2/c18-15(19-10-12-6-3-4-8-16-12)14-9-11-5-1-2-7-13(11)17-14/h1-9,17H,10H2. The highest BCUT2D eigenvalue weighted by Crippen LogP contribution is 2.15. The fraction of sp³-hybridized carbons (Fsp3) is 0.0667. The Bertz CT molecular complexity index is 671. The van der Waals surface area contributed by atoms with Crippen molar-refractivity contribution >= 4 is 16.9 Å². The molecule has 0 amide bonds. The van der Waals surface area contributed by atoms with E-state index in [0.717, 1.165) is 16.6 Å². The maximum Gasteiger partial charge on any atom is 0.355 e. The van der Waals surface area contributed by atoms with Crippen LogP contribution in [0.25, 0.3) is 10.9 Å². The highest BCUT2D eigenvalue weighted by molar-refractivity contribution is 5.94. The summed E-state index contributed by atoms with van der Waals surface area (Å²) in [6.45, 7) is 0.176. The number of fused-ring (bicyclic) bond motifs is 1. The number of aromatic nitrogens is 2. The van der Waals surface area contributed by atoms with Crippen LogP contribution in [0.1, 0.15) is 16.2 Å². The van der Waals surface area contributed by atoms with Crippen LogP contribution in [0.15, 0.2) is 54.7 Å². The molecule has 3 rings (SSSR count). The van der Waals surface area contributed by atoms with Crippen molar-refractivity contribution in [3.8, 4) is 0 Å². The molecule has 0 unspecified atom stereocenters. The molecular formula is C15H12N2O2. The number of ether oxygens (including phenoxy) is 1. The molecule has 1 aromatic carbocycles. The Morgan fingerprint density at radius 2 is 2.00 bits per heavy atom. The molecule has 0 radical (unpaired) electrons. The molecule has 0 aliphatic carbocycles. The van der Waals surface area contributed by atoms with Gasteiger partial charge in [-0.3, -0.25) is 4.98 Å². The largest absolute Gasteiger partial charge is 0.455 e. The number of esters is 1. The SMILES string of the molecule is O=C(OCc1ccccn1)c1cc2ccccc2[nH]1. The zero-order chi connectivity index (χ0) is 13.1. The number of carbonyl (C=O) groups is 1. The Labute approximate surface area is 110 Å². The molecule has 0 bridgehead atoms. The van der Waals surface area contributed by atoms with Crippen LogP contribution in [0, 0.1) is 0 Å². The number of hydrogen-bond acceptors (Lipinski definition) is 3. The Morgan fingerprint density at radius 3 is 2.79 bits per heavy atom. The average Bonchev–Trinajstić information content (AvgIpc) is 2.90. The molecule has 0 spiro atoms. The number of nitrogens with zero attached hydrogens (tertiary/aromatic N) is 1. The summed E-state index contributed by atoms with van der Waals surface area (Å²) in [4.78, 5) is 19.0. The van der Waals surface area contributed by atoms with Crippen molar-refractivity contribution in [1.29, 1.82) is 0 Å². The van der Waals surface area contributed by atoms with Gasteiger partial charge in [0.2, 0.25) is 0 Å². The van der Waals surface area contributed by atoms with Crippen LogP contribution in [0.4, 0.5) is 0 Å². The second-order valence-electron chi connectivity index (χ2n) is 4.17. The Hall–Kier alpha value is -2.62. The zero-order valence-corrected chi connectivity index (χ0v) is 10.2. The first kappa shape index (κ1) is 11.5. The van der Waals surface area contributed by atoms with Crippen LogP contribution in [0.5, 0.6) is 0 Å². The number of benzene rings is 1. The van der Waals surface area contributed by atoms with Gasteiger partial charge in [0.25, 0.3) is 0 Å². The van der Waals surface area contributed by atoms with Crippen LogP contribution in [0.2, 0.25) is 0 Å². The monoisotopic (exact) mass is 252 g/mol. The quantitative estimate of drug-likeness (QED) is 0.729. The third-order valence-corrected chi connectivity index (χ3v) is 2.83. The lowest BCUT2D eigenvalue weighted by atomic mass is 10.2. The van der Waals surface area contributed by atoms with E-state index >= 15 is 0 Å². The highest BCUT2D eigenvalue weighted by atomic mass is 16.5. The molecule has 4 nitrogen and oxygen atoms in total. The molecule has 3 aromatic rings. The van der Waals surface area contributed by atoms with Crippen molar-refractivity contribution in [3.05, 3.63) is 66.1 Å². The maximum absolute atomic E-state index is 11.9. The summed E-state index contributed by atoms with van der Waals surface area (Å²) in [5, 5.41) is 0.993. The molecule has 0 aliphatic rings. The van der Waals surface area contributed by atoms with Gasteiger partial charge in [-0.2, -0.15) is 0 Å². The predicted octanol–water partition coefficient (Wildman–Crippen LogP) is 2.92. The van der Waals surface area contributed by atoms with E-state index in [1.165, 1.54) is 0 Å². The zero-order valence-electron chi connectivity index (χ0n) is 10.2. The van der Waals surface area contributed by atoms with Crippen LogP contribution in [-0.2, 0) is 11.3 Å². The number of pyridine rings is 1. The van der Waals surface area contributed by atoms with E-state index in [1.807, 2.05) is 42.5 Å². The van der Waals surface area contributed by atoms with Gasteiger partial charge in [-0.15, -0.1) is 0 Å². The predicted molar refractivity (Wildman–Crippen MR) is 71.7 cm³/mol. The van der Waals surface area contributed by atoms with Crippen molar-refractivity contribution in [3.63, 3.8) is 0 Å². The van der Waals surface area contributed by atoms with E-state index in [-0.39, 0.29) is 12.6 Å². The van der Waals surface area contributed by atoms with Crippen molar-refractivity contribution in [2.75, 3.05) is 0 Å². The lowest BCUT2D eigenvalue weighted by Crippen LogP contribution is -2.06. The molecule has 0 fully saturated rings. The molecule has 0 saturated heterocycles. The van der Waals surface area contributed by atoms with E-state index < -0.39 is 0 Å². The molecule has 2 aromatic heterocycles. The number of para-hydroxylation sites is 1. The van der Waals surface area contributed by atoms with Gasteiger partial charge in [0.05, 0.1) is 5.69 Å². The van der Waals surface area contributed by atoms with Crippen LogP contribution >= 0.6 is 0 Å². The molecule has 0 aliphatic heterocycles. The van der Waals surface area contributed by atoms with E-state index in [2.05, 4.69) is 9.97 Å². The number of nitrogens with one attached hydrogen (secondary N) is 1. The Morgan fingerprint density at radius 1 is 1.16 bits per heavy atom. The number of carbonyl (C=O) groups excluding carboxylic acids is 1. The fourth-order valence-electron chi connectivity index (χ4n) is 1.88. The lowest BCUT2D eigenvalue weighted by molar-refractivity contribution is 0.0462. The summed E-state index contributed by atoms with van der Waals surface area (Å²) in [7, 11) is 0. The molecule has 2 heterocycles. The first-order chi connectivity index (χ1) is 9.33. The number of hydrogen-bond donors (Lipinski definition) is 1. The highest BCUT2D eigenvalue weighted by Gasteiger charge is 2.10. The summed E-state index contributed by atoms with van der Waals surface area (Å²) in [5.74, 6) is -0.373. The van der Waals surface area contributed by atoms with Gasteiger partial charge in [0.15, 0.2) is 0 Å². The molecule has 19 heavy (non-hydrogen) atoms. The van der Waals surface area contributed by atoms with E-state index in [0.29, 0.717) is 5.69 Å². The summed E-state index contributed by atoms with van der Waals surface area (Å²) in [5.41, 5.74) is 2.11. The second kappa shape index (κ2) is 4.94. The minimum Gasteiger partial charge on any atom is -0.455 e. The Balaban J connectivity index is 1.73. The lowest BCUT2D eigenvalue weighted by Gasteiger charge is -2.02. The third kappa shape index (κ3) is 2.47. The first-order valence-corrected chi connectivity index (χ1v) is 5.98. The first-order valence-electron chi connectivity index (χ1n) is 5.98. The molecule has 1 N–H and O–H groups in total. The topological polar surface area (TPSA) is 55.0 Å². The molecule has 0 saturated carbocycles. The van der Waals surface area contributed by atoms with Gasteiger partial charge >= 0.3 is 5.97 Å². The van der Waals surface area contributed by atoms with E-state index in [9.17, 15) is 4.79 Å². The maximum atomic E-state index is 11.9. The van der Waals surface area contributed by atoms with Gasteiger partial charge in [0, 0.05) is 17.1 Å². The minimum atomic E-state index is -0.373. The molecule has 0 atom stereocenters. The van der Waals surface area contributed by atoms with Gasteiger partial charge in [-0.05, 0) is 24.3 Å². The molecule has 4 heteroatoms. The summed E-state index contributed by atoms with van der Waals surface area (Å²) < 4.78 is 5.21. The fourth-order valence-corrected chi connectivity index (χ4v) is 1.88. The van der Waals surface area contributed by atoms with Crippen LogP contribution < -0.4 is 0 Å². The van der Waals surface area contributed by atoms with E-state index in [1.54, 1.807) is 12.3 Å². The van der Waals surface area contributed by atoms with Crippen molar-refractivity contribution in [1.82, 2.24) is 9.97 Å².